The Labute approximate surface area is 83.1 Å². The second-order valence-corrected chi connectivity index (χ2v) is 2.84. The molecular weight excluding hydrogens is 176 g/mol. The lowest BCUT2D eigenvalue weighted by Crippen LogP contribution is -2.09. The third kappa shape index (κ3) is 1.62. The summed E-state index contributed by atoms with van der Waals surface area (Å²) in [5.74, 6) is 0.839. The molecule has 1 aliphatic rings. The van der Waals surface area contributed by atoms with Gasteiger partial charge in [0.25, 0.3) is 0 Å². The van der Waals surface area contributed by atoms with Gasteiger partial charge in [0, 0.05) is 5.56 Å². The van der Waals surface area contributed by atoms with Gasteiger partial charge in [-0.1, -0.05) is 12.1 Å². The summed E-state index contributed by atoms with van der Waals surface area (Å²) in [6.07, 6.45) is 3.57. The average Bonchev–Trinajstić information content (AvgIpc) is 2.30. The van der Waals surface area contributed by atoms with Crippen LogP contribution in [0.3, 0.4) is 0 Å². The fraction of sp³-hybridized carbons (Fsp3) is 0.0909. The minimum absolute atomic E-state index is 0.839. The highest BCUT2D eigenvalue weighted by Crippen LogP contribution is 2.26. The van der Waals surface area contributed by atoms with Crippen LogP contribution in [0.25, 0.3) is 5.70 Å². The predicted molar refractivity (Wildman–Crippen MR) is 56.9 cm³/mol. The summed E-state index contributed by atoms with van der Waals surface area (Å²) in [4.78, 5) is 4.22. The summed E-state index contributed by atoms with van der Waals surface area (Å²) in [6.45, 7) is 1.84. The Kier molecular flexibility index (Phi) is 2.49. The van der Waals surface area contributed by atoms with Crippen molar-refractivity contribution in [1.82, 2.24) is 5.32 Å². The number of nitrogens with zero attached hydrogens (tertiary/aromatic N) is 1. The van der Waals surface area contributed by atoms with Crippen LogP contribution in [-0.2, 0) is 0 Å². The number of aliphatic imine (C=N–C) groups is 1. The highest BCUT2D eigenvalue weighted by Gasteiger charge is 2.07. The molecular formula is C11H11N2O. The van der Waals surface area contributed by atoms with Crippen molar-refractivity contribution in [2.24, 2.45) is 4.99 Å². The maximum atomic E-state index is 5.25. The van der Waals surface area contributed by atoms with Gasteiger partial charge in [0.15, 0.2) is 0 Å². The normalized spacial score (nSPS) is 14.5. The van der Waals surface area contributed by atoms with Gasteiger partial charge in [0.2, 0.25) is 0 Å². The first-order valence-electron chi connectivity index (χ1n) is 4.37. The lowest BCUT2D eigenvalue weighted by molar-refractivity contribution is 0.413. The molecule has 2 rings (SSSR count). The molecule has 0 atom stereocenters. The number of methoxy groups -OCH3 is 1. The van der Waals surface area contributed by atoms with E-state index in [0.29, 0.717) is 0 Å². The molecule has 71 valence electrons. The van der Waals surface area contributed by atoms with Crippen LogP contribution in [-0.4, -0.2) is 13.4 Å². The first kappa shape index (κ1) is 8.81. The van der Waals surface area contributed by atoms with Crippen molar-refractivity contribution >= 4 is 12.0 Å². The van der Waals surface area contributed by atoms with Crippen molar-refractivity contribution in [2.45, 2.75) is 0 Å². The smallest absolute Gasteiger partial charge is 0.128 e. The van der Waals surface area contributed by atoms with Crippen LogP contribution < -0.4 is 10.1 Å². The van der Waals surface area contributed by atoms with Crippen molar-refractivity contribution in [3.63, 3.8) is 0 Å². The highest BCUT2D eigenvalue weighted by atomic mass is 16.5. The van der Waals surface area contributed by atoms with E-state index < -0.39 is 0 Å². The van der Waals surface area contributed by atoms with Crippen LogP contribution in [0.5, 0.6) is 5.75 Å². The van der Waals surface area contributed by atoms with E-state index >= 15 is 0 Å². The zero-order valence-corrected chi connectivity index (χ0v) is 7.90. The number of para-hydroxylation sites is 1. The van der Waals surface area contributed by atoms with Crippen molar-refractivity contribution in [3.05, 3.63) is 42.4 Å². The molecule has 0 aromatic heterocycles. The highest BCUT2D eigenvalue weighted by molar-refractivity contribution is 5.79. The van der Waals surface area contributed by atoms with E-state index in [9.17, 15) is 0 Å². The average molecular weight is 187 g/mol. The fourth-order valence-corrected chi connectivity index (χ4v) is 1.34. The SMILES string of the molecule is COc1ccccc1C1=C[CH]NC=N1. The number of hydrogen-bond donors (Lipinski definition) is 1. The van der Waals surface area contributed by atoms with Gasteiger partial charge < -0.3 is 10.1 Å². The minimum atomic E-state index is 0.839. The number of nitrogens with one attached hydrogen (secondary N) is 1. The molecule has 0 amide bonds. The zero-order chi connectivity index (χ0) is 9.80. The first-order valence-corrected chi connectivity index (χ1v) is 4.37. The van der Waals surface area contributed by atoms with Crippen molar-refractivity contribution in [3.8, 4) is 5.75 Å². The van der Waals surface area contributed by atoms with E-state index in [0.717, 1.165) is 17.0 Å². The summed E-state index contributed by atoms with van der Waals surface area (Å²) in [5.41, 5.74) is 1.91. The van der Waals surface area contributed by atoms with Gasteiger partial charge in [0.05, 0.1) is 25.7 Å². The van der Waals surface area contributed by atoms with E-state index in [2.05, 4.69) is 10.3 Å². The second-order valence-electron chi connectivity index (χ2n) is 2.84. The topological polar surface area (TPSA) is 33.6 Å². The third-order valence-corrected chi connectivity index (χ3v) is 2.00. The van der Waals surface area contributed by atoms with E-state index in [1.165, 1.54) is 0 Å². The van der Waals surface area contributed by atoms with E-state index in [-0.39, 0.29) is 0 Å². The summed E-state index contributed by atoms with van der Waals surface area (Å²) < 4.78 is 5.25. The van der Waals surface area contributed by atoms with Gasteiger partial charge in [-0.25, -0.2) is 4.99 Å². The van der Waals surface area contributed by atoms with E-state index in [1.807, 2.05) is 36.9 Å². The predicted octanol–water partition coefficient (Wildman–Crippen LogP) is 1.83. The Balaban J connectivity index is 2.40. The van der Waals surface area contributed by atoms with E-state index in [4.69, 9.17) is 4.74 Å². The summed E-state index contributed by atoms with van der Waals surface area (Å²) >= 11 is 0. The number of hydrogen-bond acceptors (Lipinski definition) is 3. The Morgan fingerprint density at radius 1 is 1.29 bits per heavy atom. The zero-order valence-electron chi connectivity index (χ0n) is 7.90. The molecule has 3 heteroatoms. The molecule has 1 radical (unpaired) electrons. The molecule has 0 aliphatic carbocycles. The monoisotopic (exact) mass is 187 g/mol. The Morgan fingerprint density at radius 2 is 2.14 bits per heavy atom. The summed E-state index contributed by atoms with van der Waals surface area (Å²) in [5, 5.41) is 2.89. The Morgan fingerprint density at radius 3 is 2.86 bits per heavy atom. The second kappa shape index (κ2) is 3.96. The molecule has 14 heavy (non-hydrogen) atoms. The fourth-order valence-electron chi connectivity index (χ4n) is 1.34. The maximum absolute atomic E-state index is 5.25. The molecule has 0 unspecified atom stereocenters. The molecule has 3 nitrogen and oxygen atoms in total. The lowest BCUT2D eigenvalue weighted by atomic mass is 10.1. The van der Waals surface area contributed by atoms with Crippen LogP contribution >= 0.6 is 0 Å². The molecule has 0 saturated carbocycles. The summed E-state index contributed by atoms with van der Waals surface area (Å²) in [6, 6.07) is 7.82. The Hall–Kier alpha value is -1.77. The minimum Gasteiger partial charge on any atom is -0.496 e. The van der Waals surface area contributed by atoms with Crippen molar-refractivity contribution < 1.29 is 4.74 Å². The lowest BCUT2D eigenvalue weighted by Gasteiger charge is -2.10. The van der Waals surface area contributed by atoms with Gasteiger partial charge in [-0.05, 0) is 18.2 Å². The van der Waals surface area contributed by atoms with Crippen LogP contribution in [0.2, 0.25) is 0 Å². The summed E-state index contributed by atoms with van der Waals surface area (Å²) in [7, 11) is 1.66. The largest absolute Gasteiger partial charge is 0.496 e. The van der Waals surface area contributed by atoms with Gasteiger partial charge in [-0.15, -0.1) is 0 Å². The van der Waals surface area contributed by atoms with Gasteiger partial charge in [-0.2, -0.15) is 0 Å². The Bertz CT molecular complexity index is 383. The van der Waals surface area contributed by atoms with Crippen molar-refractivity contribution in [1.29, 1.82) is 0 Å². The number of benzene rings is 1. The first-order chi connectivity index (χ1) is 6.92. The molecule has 1 N–H and O–H groups in total. The molecule has 1 aromatic carbocycles. The standard InChI is InChI=1S/C11H11N2O/c1-14-11-5-3-2-4-9(11)10-6-7-12-8-13-10/h2-8H,1H3,(H,12,13). The molecule has 1 aliphatic heterocycles. The van der Waals surface area contributed by atoms with Gasteiger partial charge >= 0.3 is 0 Å². The van der Waals surface area contributed by atoms with Crippen LogP contribution in [0.4, 0.5) is 0 Å². The molecule has 0 spiro atoms. The number of ether oxygens (including phenoxy) is 1. The molecule has 0 fully saturated rings. The van der Waals surface area contributed by atoms with Gasteiger partial charge in [-0.3, -0.25) is 0 Å². The van der Waals surface area contributed by atoms with E-state index in [1.54, 1.807) is 13.4 Å². The van der Waals surface area contributed by atoms with Crippen LogP contribution in [0, 0.1) is 6.54 Å². The van der Waals surface area contributed by atoms with Gasteiger partial charge in [0.1, 0.15) is 5.75 Å². The number of rotatable bonds is 2. The van der Waals surface area contributed by atoms with Crippen LogP contribution in [0.15, 0.2) is 35.3 Å². The third-order valence-electron chi connectivity index (χ3n) is 2.00. The molecule has 0 saturated heterocycles. The van der Waals surface area contributed by atoms with Crippen molar-refractivity contribution in [2.75, 3.05) is 7.11 Å². The quantitative estimate of drug-likeness (QED) is 0.766. The maximum Gasteiger partial charge on any atom is 0.128 e. The van der Waals surface area contributed by atoms with Crippen LogP contribution in [0.1, 0.15) is 5.56 Å². The molecule has 1 heterocycles. The molecule has 0 bridgehead atoms. The molecule has 1 aromatic rings.